The number of hydrogen-bond donors (Lipinski definition) is 1. The minimum atomic E-state index is 0.143. The maximum atomic E-state index is 12.8. The lowest BCUT2D eigenvalue weighted by Crippen LogP contribution is -2.53. The lowest BCUT2D eigenvalue weighted by atomic mass is 10.1. The highest BCUT2D eigenvalue weighted by molar-refractivity contribution is 5.99. The Morgan fingerprint density at radius 1 is 1.40 bits per heavy atom. The fourth-order valence-corrected chi connectivity index (χ4v) is 2.79. The highest BCUT2D eigenvalue weighted by Crippen LogP contribution is 2.21. The number of hydrogen-bond acceptors (Lipinski definition) is 3. The second-order valence-electron chi connectivity index (χ2n) is 5.59. The summed E-state index contributed by atoms with van der Waals surface area (Å²) in [6.07, 6.45) is 1.08. The van der Waals surface area contributed by atoms with E-state index in [0.717, 1.165) is 42.9 Å². The third kappa shape index (κ3) is 2.96. The van der Waals surface area contributed by atoms with Gasteiger partial charge in [0.2, 0.25) is 0 Å². The Morgan fingerprint density at radius 2 is 2.15 bits per heavy atom. The summed E-state index contributed by atoms with van der Waals surface area (Å²) in [5.41, 5.74) is 2.81. The van der Waals surface area contributed by atoms with Crippen LogP contribution in [0.2, 0.25) is 0 Å². The Balaban J connectivity index is 2.21. The van der Waals surface area contributed by atoms with E-state index >= 15 is 0 Å². The summed E-state index contributed by atoms with van der Waals surface area (Å²) < 4.78 is 0. The summed E-state index contributed by atoms with van der Waals surface area (Å²) in [4.78, 5) is 17.1. The third-order valence-electron chi connectivity index (χ3n) is 4.21. The van der Waals surface area contributed by atoms with Crippen molar-refractivity contribution >= 4 is 11.6 Å². The van der Waals surface area contributed by atoms with E-state index in [-0.39, 0.29) is 5.91 Å². The maximum Gasteiger partial charge on any atom is 0.256 e. The smallest absolute Gasteiger partial charge is 0.256 e. The number of benzene rings is 1. The van der Waals surface area contributed by atoms with Crippen molar-refractivity contribution in [2.75, 3.05) is 39.0 Å². The molecule has 0 aliphatic carbocycles. The van der Waals surface area contributed by atoms with Gasteiger partial charge in [-0.1, -0.05) is 18.6 Å². The summed E-state index contributed by atoms with van der Waals surface area (Å²) >= 11 is 0. The fraction of sp³-hybridized carbons (Fsp3) is 0.562. The number of nitrogens with one attached hydrogen (secondary N) is 1. The van der Waals surface area contributed by atoms with Crippen molar-refractivity contribution in [2.24, 2.45) is 0 Å². The lowest BCUT2D eigenvalue weighted by molar-refractivity contribution is 0.0542. The molecule has 0 bridgehead atoms. The van der Waals surface area contributed by atoms with Gasteiger partial charge in [0, 0.05) is 38.4 Å². The number of anilines is 1. The molecule has 1 aromatic rings. The first-order chi connectivity index (χ1) is 9.56. The molecule has 0 radical (unpaired) electrons. The second kappa shape index (κ2) is 6.27. The molecular formula is C16H25N3O. The Labute approximate surface area is 121 Å². The van der Waals surface area contributed by atoms with E-state index < -0.39 is 0 Å². The Hall–Kier alpha value is -1.55. The van der Waals surface area contributed by atoms with Crippen LogP contribution in [0.25, 0.3) is 0 Å². The summed E-state index contributed by atoms with van der Waals surface area (Å²) in [7, 11) is 4.00. The molecule has 1 atom stereocenters. The van der Waals surface area contributed by atoms with E-state index in [1.165, 1.54) is 0 Å². The van der Waals surface area contributed by atoms with E-state index in [4.69, 9.17) is 0 Å². The molecule has 1 heterocycles. The molecule has 1 aliphatic rings. The van der Waals surface area contributed by atoms with Crippen LogP contribution in [0.1, 0.15) is 29.3 Å². The number of nitrogens with zero attached hydrogens (tertiary/aromatic N) is 2. The van der Waals surface area contributed by atoms with Crippen LogP contribution in [0, 0.1) is 6.92 Å². The van der Waals surface area contributed by atoms with Gasteiger partial charge < -0.3 is 10.2 Å². The molecule has 1 aliphatic heterocycles. The number of likely N-dealkylation sites (N-methyl/N-ethyl adjacent to an activating group) is 1. The van der Waals surface area contributed by atoms with Gasteiger partial charge in [-0.2, -0.15) is 0 Å². The molecule has 1 N–H and O–H groups in total. The molecule has 4 heteroatoms. The van der Waals surface area contributed by atoms with E-state index in [0.29, 0.717) is 6.04 Å². The number of carbonyl (C=O) groups excluding carboxylic acids is 1. The number of piperazine rings is 1. The first-order valence-corrected chi connectivity index (χ1v) is 7.34. The quantitative estimate of drug-likeness (QED) is 0.918. The minimum Gasteiger partial charge on any atom is -0.387 e. The van der Waals surface area contributed by atoms with Gasteiger partial charge in [-0.3, -0.25) is 9.69 Å². The summed E-state index contributed by atoms with van der Waals surface area (Å²) in [5, 5.41) is 3.12. The molecule has 0 aromatic heterocycles. The zero-order valence-corrected chi connectivity index (χ0v) is 12.9. The van der Waals surface area contributed by atoms with Gasteiger partial charge in [0.15, 0.2) is 0 Å². The number of aryl methyl sites for hydroxylation is 1. The summed E-state index contributed by atoms with van der Waals surface area (Å²) in [6, 6.07) is 6.46. The van der Waals surface area contributed by atoms with Gasteiger partial charge in [0.05, 0.1) is 5.56 Å². The van der Waals surface area contributed by atoms with Crippen LogP contribution in [0.5, 0.6) is 0 Å². The number of carbonyl (C=O) groups is 1. The normalized spacial score (nSPS) is 20.0. The molecule has 110 valence electrons. The largest absolute Gasteiger partial charge is 0.387 e. The predicted molar refractivity (Wildman–Crippen MR) is 83.3 cm³/mol. The van der Waals surface area contributed by atoms with Crippen LogP contribution in [-0.2, 0) is 0 Å². The second-order valence-corrected chi connectivity index (χ2v) is 5.59. The van der Waals surface area contributed by atoms with Crippen molar-refractivity contribution in [2.45, 2.75) is 26.3 Å². The van der Waals surface area contributed by atoms with Gasteiger partial charge in [0.1, 0.15) is 0 Å². The molecule has 0 saturated carbocycles. The van der Waals surface area contributed by atoms with Crippen molar-refractivity contribution in [3.05, 3.63) is 29.3 Å². The average molecular weight is 275 g/mol. The van der Waals surface area contributed by atoms with Gasteiger partial charge in [-0.05, 0) is 32.5 Å². The zero-order chi connectivity index (χ0) is 14.7. The molecular weight excluding hydrogens is 250 g/mol. The van der Waals surface area contributed by atoms with Crippen molar-refractivity contribution in [3.8, 4) is 0 Å². The van der Waals surface area contributed by atoms with Gasteiger partial charge >= 0.3 is 0 Å². The van der Waals surface area contributed by atoms with E-state index in [1.807, 2.05) is 37.1 Å². The lowest BCUT2D eigenvalue weighted by Gasteiger charge is -2.39. The highest BCUT2D eigenvalue weighted by Gasteiger charge is 2.27. The van der Waals surface area contributed by atoms with Gasteiger partial charge in [-0.15, -0.1) is 0 Å². The molecule has 1 amide bonds. The van der Waals surface area contributed by atoms with Crippen LogP contribution in [0.4, 0.5) is 5.69 Å². The zero-order valence-electron chi connectivity index (χ0n) is 12.9. The molecule has 0 spiro atoms. The van der Waals surface area contributed by atoms with E-state index in [9.17, 15) is 4.79 Å². The Morgan fingerprint density at radius 3 is 2.80 bits per heavy atom. The first kappa shape index (κ1) is 14.9. The molecule has 20 heavy (non-hydrogen) atoms. The van der Waals surface area contributed by atoms with Crippen LogP contribution >= 0.6 is 0 Å². The van der Waals surface area contributed by atoms with Crippen LogP contribution in [0.15, 0.2) is 18.2 Å². The predicted octanol–water partition coefficient (Wildman–Crippen LogP) is 2.20. The number of rotatable bonds is 3. The van der Waals surface area contributed by atoms with Gasteiger partial charge in [-0.25, -0.2) is 0 Å². The standard InChI is InChI=1S/C16H25N3O/c1-5-13-11-19(9-8-18(13)4)16(20)14-10-12(2)6-7-15(14)17-3/h6-7,10,13,17H,5,8-9,11H2,1-4H3. The van der Waals surface area contributed by atoms with Crippen LogP contribution in [-0.4, -0.2) is 55.5 Å². The molecule has 1 saturated heterocycles. The third-order valence-corrected chi connectivity index (χ3v) is 4.21. The maximum absolute atomic E-state index is 12.8. The first-order valence-electron chi connectivity index (χ1n) is 7.34. The summed E-state index contributed by atoms with van der Waals surface area (Å²) in [6.45, 7) is 6.78. The van der Waals surface area contributed by atoms with Gasteiger partial charge in [0.25, 0.3) is 5.91 Å². The summed E-state index contributed by atoms with van der Waals surface area (Å²) in [5.74, 6) is 0.143. The SMILES string of the molecule is CCC1CN(C(=O)c2cc(C)ccc2NC)CCN1C. The Kier molecular flexibility index (Phi) is 4.65. The number of amides is 1. The molecule has 1 unspecified atom stereocenters. The topological polar surface area (TPSA) is 35.6 Å². The van der Waals surface area contributed by atoms with Crippen molar-refractivity contribution in [1.82, 2.24) is 9.80 Å². The van der Waals surface area contributed by atoms with Crippen LogP contribution < -0.4 is 5.32 Å². The average Bonchev–Trinajstić information content (AvgIpc) is 2.47. The van der Waals surface area contributed by atoms with Crippen molar-refractivity contribution in [3.63, 3.8) is 0 Å². The monoisotopic (exact) mass is 275 g/mol. The van der Waals surface area contributed by atoms with E-state index in [1.54, 1.807) is 0 Å². The molecule has 1 fully saturated rings. The Bertz CT molecular complexity index is 487. The van der Waals surface area contributed by atoms with Crippen molar-refractivity contribution in [1.29, 1.82) is 0 Å². The molecule has 1 aromatic carbocycles. The fourth-order valence-electron chi connectivity index (χ4n) is 2.79. The van der Waals surface area contributed by atoms with E-state index in [2.05, 4.69) is 24.2 Å². The highest BCUT2D eigenvalue weighted by atomic mass is 16.2. The molecule has 2 rings (SSSR count). The molecule has 4 nitrogen and oxygen atoms in total. The van der Waals surface area contributed by atoms with Crippen LogP contribution in [0.3, 0.4) is 0 Å². The minimum absolute atomic E-state index is 0.143. The van der Waals surface area contributed by atoms with Crippen molar-refractivity contribution < 1.29 is 4.79 Å².